The molecular formula is C19H18N2OS. The summed E-state index contributed by atoms with van der Waals surface area (Å²) in [5, 5.41) is 0.641. The Morgan fingerprint density at radius 1 is 1.04 bits per heavy atom. The van der Waals surface area contributed by atoms with Crippen LogP contribution >= 0.6 is 11.8 Å². The molecule has 1 aromatic heterocycles. The smallest absolute Gasteiger partial charge is 0.255 e. The SMILES string of the molecule is CSc1nc(-c2ccccc2)c(Cc2ccccc2C)c(=O)[nH]1. The summed E-state index contributed by atoms with van der Waals surface area (Å²) in [5.41, 5.74) is 4.71. The van der Waals surface area contributed by atoms with E-state index in [-0.39, 0.29) is 5.56 Å². The summed E-state index contributed by atoms with van der Waals surface area (Å²) in [6.07, 6.45) is 2.49. The Labute approximate surface area is 139 Å². The van der Waals surface area contributed by atoms with Crippen LogP contribution in [-0.2, 0) is 6.42 Å². The Morgan fingerprint density at radius 3 is 2.43 bits per heavy atom. The first-order valence-corrected chi connectivity index (χ1v) is 8.68. The number of H-pyrrole nitrogens is 1. The maximum Gasteiger partial charge on any atom is 0.255 e. The van der Waals surface area contributed by atoms with Crippen LogP contribution in [0.3, 0.4) is 0 Å². The highest BCUT2D eigenvalue weighted by atomic mass is 32.2. The molecule has 0 amide bonds. The quantitative estimate of drug-likeness (QED) is 0.582. The molecule has 0 unspecified atom stereocenters. The first-order valence-electron chi connectivity index (χ1n) is 7.46. The largest absolute Gasteiger partial charge is 0.301 e. The van der Waals surface area contributed by atoms with E-state index in [4.69, 9.17) is 0 Å². The topological polar surface area (TPSA) is 45.8 Å². The lowest BCUT2D eigenvalue weighted by atomic mass is 9.98. The molecule has 0 aliphatic carbocycles. The lowest BCUT2D eigenvalue weighted by Gasteiger charge is -2.11. The third-order valence-corrected chi connectivity index (χ3v) is 4.44. The van der Waals surface area contributed by atoms with Gasteiger partial charge in [-0.25, -0.2) is 4.98 Å². The number of hydrogen-bond acceptors (Lipinski definition) is 3. The first kappa shape index (κ1) is 15.6. The van der Waals surface area contributed by atoms with Gasteiger partial charge in [0.2, 0.25) is 0 Å². The predicted octanol–water partition coefficient (Wildman–Crippen LogP) is 4.06. The van der Waals surface area contributed by atoms with Gasteiger partial charge in [0.05, 0.1) is 5.69 Å². The minimum Gasteiger partial charge on any atom is -0.301 e. The maximum atomic E-state index is 12.6. The predicted molar refractivity (Wildman–Crippen MR) is 96.1 cm³/mol. The number of aromatic nitrogens is 2. The van der Waals surface area contributed by atoms with Gasteiger partial charge in [-0.3, -0.25) is 4.79 Å². The molecule has 0 spiro atoms. The van der Waals surface area contributed by atoms with Crippen molar-refractivity contribution in [2.75, 3.05) is 6.26 Å². The number of hydrogen-bond donors (Lipinski definition) is 1. The summed E-state index contributed by atoms with van der Waals surface area (Å²) >= 11 is 1.44. The summed E-state index contributed by atoms with van der Waals surface area (Å²) in [7, 11) is 0. The fraction of sp³-hybridized carbons (Fsp3) is 0.158. The Balaban J connectivity index is 2.16. The van der Waals surface area contributed by atoms with E-state index in [1.54, 1.807) is 0 Å². The van der Waals surface area contributed by atoms with Crippen molar-refractivity contribution in [2.24, 2.45) is 0 Å². The molecule has 116 valence electrons. The maximum absolute atomic E-state index is 12.6. The number of nitrogens with one attached hydrogen (secondary N) is 1. The average Bonchev–Trinajstić information content (AvgIpc) is 2.59. The lowest BCUT2D eigenvalue weighted by molar-refractivity contribution is 0.907. The molecule has 0 fully saturated rings. The van der Waals surface area contributed by atoms with Crippen LogP contribution in [0, 0.1) is 6.92 Å². The van der Waals surface area contributed by atoms with Gasteiger partial charge in [-0.1, -0.05) is 66.4 Å². The summed E-state index contributed by atoms with van der Waals surface area (Å²) in [5.74, 6) is 0. The zero-order valence-electron chi connectivity index (χ0n) is 13.2. The van der Waals surface area contributed by atoms with Crippen molar-refractivity contribution >= 4 is 11.8 Å². The fourth-order valence-corrected chi connectivity index (χ4v) is 2.95. The minimum atomic E-state index is -0.0635. The molecular weight excluding hydrogens is 304 g/mol. The van der Waals surface area contributed by atoms with Crippen LogP contribution in [0.25, 0.3) is 11.3 Å². The normalized spacial score (nSPS) is 10.7. The zero-order chi connectivity index (χ0) is 16.2. The van der Waals surface area contributed by atoms with Crippen LogP contribution in [0.2, 0.25) is 0 Å². The second-order valence-corrected chi connectivity index (χ2v) is 6.17. The number of benzene rings is 2. The van der Waals surface area contributed by atoms with Gasteiger partial charge in [0.1, 0.15) is 0 Å². The van der Waals surface area contributed by atoms with Gasteiger partial charge in [-0.15, -0.1) is 0 Å². The first-order chi connectivity index (χ1) is 11.2. The highest BCUT2D eigenvalue weighted by Crippen LogP contribution is 2.23. The van der Waals surface area contributed by atoms with Crippen molar-refractivity contribution in [2.45, 2.75) is 18.5 Å². The van der Waals surface area contributed by atoms with Crippen molar-refractivity contribution in [1.82, 2.24) is 9.97 Å². The van der Waals surface area contributed by atoms with E-state index in [1.165, 1.54) is 17.3 Å². The monoisotopic (exact) mass is 322 g/mol. The highest BCUT2D eigenvalue weighted by molar-refractivity contribution is 7.98. The van der Waals surface area contributed by atoms with Crippen molar-refractivity contribution in [3.63, 3.8) is 0 Å². The van der Waals surface area contributed by atoms with Gasteiger partial charge >= 0.3 is 0 Å². The van der Waals surface area contributed by atoms with Gasteiger partial charge in [0.15, 0.2) is 5.16 Å². The van der Waals surface area contributed by atoms with Crippen molar-refractivity contribution in [3.05, 3.63) is 81.6 Å². The van der Waals surface area contributed by atoms with E-state index >= 15 is 0 Å². The van der Waals surface area contributed by atoms with Crippen molar-refractivity contribution < 1.29 is 0 Å². The summed E-state index contributed by atoms with van der Waals surface area (Å²) in [4.78, 5) is 20.1. The van der Waals surface area contributed by atoms with E-state index in [9.17, 15) is 4.79 Å². The molecule has 3 aromatic rings. The van der Waals surface area contributed by atoms with Crippen LogP contribution < -0.4 is 5.56 Å². The number of aryl methyl sites for hydroxylation is 1. The van der Waals surface area contributed by atoms with Crippen molar-refractivity contribution in [3.8, 4) is 11.3 Å². The molecule has 1 N–H and O–H groups in total. The summed E-state index contributed by atoms with van der Waals surface area (Å²) in [6, 6.07) is 18.0. The molecule has 0 saturated carbocycles. The molecule has 0 atom stereocenters. The standard InChI is InChI=1S/C19H18N2OS/c1-13-8-6-7-11-15(13)12-16-17(14-9-4-3-5-10-14)20-19(23-2)21-18(16)22/h3-11H,12H2,1-2H3,(H,20,21,22). The van der Waals surface area contributed by atoms with Crippen LogP contribution in [0.15, 0.2) is 64.5 Å². The van der Waals surface area contributed by atoms with E-state index in [0.717, 1.165) is 16.8 Å². The van der Waals surface area contributed by atoms with E-state index in [1.807, 2.05) is 48.7 Å². The summed E-state index contributed by atoms with van der Waals surface area (Å²) in [6.45, 7) is 2.06. The molecule has 4 heteroatoms. The van der Waals surface area contributed by atoms with Crippen LogP contribution in [-0.4, -0.2) is 16.2 Å². The molecule has 2 aromatic carbocycles. The number of rotatable bonds is 4. The van der Waals surface area contributed by atoms with E-state index in [2.05, 4.69) is 29.0 Å². The molecule has 23 heavy (non-hydrogen) atoms. The van der Waals surface area contributed by atoms with Gasteiger partial charge in [-0.2, -0.15) is 0 Å². The van der Waals surface area contributed by atoms with Crippen LogP contribution in [0.4, 0.5) is 0 Å². The summed E-state index contributed by atoms with van der Waals surface area (Å²) < 4.78 is 0. The third-order valence-electron chi connectivity index (χ3n) is 3.86. The van der Waals surface area contributed by atoms with Crippen LogP contribution in [0.1, 0.15) is 16.7 Å². The second-order valence-electron chi connectivity index (χ2n) is 5.37. The lowest BCUT2D eigenvalue weighted by Crippen LogP contribution is -2.17. The fourth-order valence-electron chi connectivity index (χ4n) is 2.57. The average molecular weight is 322 g/mol. The molecule has 0 saturated heterocycles. The zero-order valence-corrected chi connectivity index (χ0v) is 14.0. The highest BCUT2D eigenvalue weighted by Gasteiger charge is 2.14. The Hall–Kier alpha value is -2.33. The van der Waals surface area contributed by atoms with Gasteiger partial charge < -0.3 is 4.98 Å². The second kappa shape index (κ2) is 6.84. The molecule has 0 radical (unpaired) electrons. The number of thioether (sulfide) groups is 1. The molecule has 3 nitrogen and oxygen atoms in total. The minimum absolute atomic E-state index is 0.0635. The van der Waals surface area contributed by atoms with E-state index < -0.39 is 0 Å². The van der Waals surface area contributed by atoms with Gasteiger partial charge in [0, 0.05) is 17.5 Å². The molecule has 0 bridgehead atoms. The van der Waals surface area contributed by atoms with Crippen LogP contribution in [0.5, 0.6) is 0 Å². The Bertz CT molecular complexity index is 872. The van der Waals surface area contributed by atoms with Crippen molar-refractivity contribution in [1.29, 1.82) is 0 Å². The van der Waals surface area contributed by atoms with Gasteiger partial charge in [0.25, 0.3) is 5.56 Å². The molecule has 1 heterocycles. The number of aromatic amines is 1. The third kappa shape index (κ3) is 3.37. The van der Waals surface area contributed by atoms with Gasteiger partial charge in [-0.05, 0) is 24.3 Å². The number of nitrogens with zero attached hydrogens (tertiary/aromatic N) is 1. The molecule has 0 aliphatic heterocycles. The Morgan fingerprint density at radius 2 is 1.74 bits per heavy atom. The molecule has 0 aliphatic rings. The van der Waals surface area contributed by atoms with E-state index in [0.29, 0.717) is 17.1 Å². The Kier molecular flexibility index (Phi) is 4.63. The molecule has 3 rings (SSSR count).